The number of hydrogen-bond donors (Lipinski definition) is 1. The second-order valence-corrected chi connectivity index (χ2v) is 5.07. The normalized spacial score (nSPS) is 11.4. The van der Waals surface area contributed by atoms with E-state index in [1.54, 1.807) is 14.2 Å². The van der Waals surface area contributed by atoms with Gasteiger partial charge < -0.3 is 14.8 Å². The summed E-state index contributed by atoms with van der Waals surface area (Å²) < 4.78 is 10.6. The Labute approximate surface area is 112 Å². The van der Waals surface area contributed by atoms with Gasteiger partial charge in [0.25, 0.3) is 0 Å². The topological polar surface area (TPSA) is 30.5 Å². The van der Waals surface area contributed by atoms with Gasteiger partial charge in [-0.25, -0.2) is 0 Å². The average molecular weight is 302 g/mol. The summed E-state index contributed by atoms with van der Waals surface area (Å²) in [5.74, 6) is 1.54. The van der Waals surface area contributed by atoms with Crippen LogP contribution in [0.2, 0.25) is 0 Å². The van der Waals surface area contributed by atoms with Crippen molar-refractivity contribution in [3.05, 3.63) is 23.8 Å². The van der Waals surface area contributed by atoms with Crippen molar-refractivity contribution in [3.63, 3.8) is 0 Å². The number of benzene rings is 1. The molecule has 1 aromatic rings. The molecule has 0 bridgehead atoms. The first-order valence-electron chi connectivity index (χ1n) is 5.54. The minimum Gasteiger partial charge on any atom is -0.493 e. The third-order valence-corrected chi connectivity index (χ3v) is 3.22. The van der Waals surface area contributed by atoms with Crippen molar-refractivity contribution in [1.82, 2.24) is 5.32 Å². The zero-order valence-corrected chi connectivity index (χ0v) is 12.4. The van der Waals surface area contributed by atoms with Crippen molar-refractivity contribution >= 4 is 15.9 Å². The zero-order chi connectivity index (χ0) is 12.9. The van der Waals surface area contributed by atoms with Crippen LogP contribution in [-0.4, -0.2) is 26.2 Å². The van der Waals surface area contributed by atoms with Gasteiger partial charge in [0.15, 0.2) is 11.5 Å². The van der Waals surface area contributed by atoms with E-state index in [1.165, 1.54) is 5.56 Å². The Balaban J connectivity index is 2.98. The van der Waals surface area contributed by atoms with Crippen LogP contribution in [0, 0.1) is 0 Å². The molecule has 0 aliphatic rings. The molecule has 0 aliphatic heterocycles. The Kier molecular flexibility index (Phi) is 5.28. The Morgan fingerprint density at radius 2 is 1.82 bits per heavy atom. The Bertz CT molecular complexity index is 366. The number of rotatable bonds is 6. The van der Waals surface area contributed by atoms with Gasteiger partial charge in [0, 0.05) is 12.0 Å². The van der Waals surface area contributed by atoms with Gasteiger partial charge in [-0.2, -0.15) is 0 Å². The molecule has 17 heavy (non-hydrogen) atoms. The molecule has 0 atom stereocenters. The van der Waals surface area contributed by atoms with Crippen molar-refractivity contribution in [1.29, 1.82) is 0 Å². The second kappa shape index (κ2) is 6.26. The summed E-state index contributed by atoms with van der Waals surface area (Å²) in [6.45, 7) is 5.29. The minimum absolute atomic E-state index is 0.0489. The van der Waals surface area contributed by atoms with E-state index >= 15 is 0 Å². The third-order valence-electron chi connectivity index (χ3n) is 2.83. The van der Waals surface area contributed by atoms with Crippen LogP contribution in [0.4, 0.5) is 0 Å². The Hall–Kier alpha value is -0.740. The fraction of sp³-hybridized carbons (Fsp3) is 0.538. The summed E-state index contributed by atoms with van der Waals surface area (Å²) in [5, 5.41) is 3.30. The first-order chi connectivity index (χ1) is 8.05. The van der Waals surface area contributed by atoms with Gasteiger partial charge in [-0.15, -0.1) is 0 Å². The van der Waals surface area contributed by atoms with E-state index < -0.39 is 0 Å². The highest BCUT2D eigenvalue weighted by molar-refractivity contribution is 9.09. The largest absolute Gasteiger partial charge is 0.493 e. The average Bonchev–Trinajstić information content (AvgIpc) is 2.35. The lowest BCUT2D eigenvalue weighted by molar-refractivity contribution is 0.353. The quantitative estimate of drug-likeness (QED) is 0.647. The van der Waals surface area contributed by atoms with Crippen LogP contribution in [0.15, 0.2) is 18.2 Å². The van der Waals surface area contributed by atoms with Gasteiger partial charge in [0.1, 0.15) is 0 Å². The highest BCUT2D eigenvalue weighted by atomic mass is 79.9. The van der Waals surface area contributed by atoms with Gasteiger partial charge in [-0.05, 0) is 17.7 Å². The standard InChI is InChI=1S/C13H20BrNO2/c1-13(2,8-15-9-14)10-5-6-11(16-3)12(7-10)17-4/h5-7,15H,8-9H2,1-4H3. The minimum atomic E-state index is 0.0489. The molecule has 96 valence electrons. The summed E-state index contributed by atoms with van der Waals surface area (Å²) >= 11 is 3.37. The van der Waals surface area contributed by atoms with E-state index in [-0.39, 0.29) is 5.41 Å². The highest BCUT2D eigenvalue weighted by Crippen LogP contribution is 2.32. The van der Waals surface area contributed by atoms with E-state index in [1.807, 2.05) is 12.1 Å². The molecule has 0 saturated carbocycles. The van der Waals surface area contributed by atoms with E-state index in [0.717, 1.165) is 23.5 Å². The molecule has 0 aliphatic carbocycles. The molecule has 0 saturated heterocycles. The van der Waals surface area contributed by atoms with E-state index in [2.05, 4.69) is 41.2 Å². The highest BCUT2D eigenvalue weighted by Gasteiger charge is 2.21. The molecule has 1 N–H and O–H groups in total. The predicted molar refractivity (Wildman–Crippen MR) is 74.4 cm³/mol. The number of alkyl halides is 1. The van der Waals surface area contributed by atoms with E-state index in [0.29, 0.717) is 0 Å². The van der Waals surface area contributed by atoms with Crippen LogP contribution in [0.5, 0.6) is 11.5 Å². The van der Waals surface area contributed by atoms with Crippen LogP contribution < -0.4 is 14.8 Å². The lowest BCUT2D eigenvalue weighted by Crippen LogP contribution is -2.32. The van der Waals surface area contributed by atoms with Gasteiger partial charge in [-0.3, -0.25) is 0 Å². The molecule has 0 radical (unpaired) electrons. The van der Waals surface area contributed by atoms with Crippen LogP contribution in [0.3, 0.4) is 0 Å². The van der Waals surface area contributed by atoms with Crippen molar-refractivity contribution in [2.24, 2.45) is 0 Å². The van der Waals surface area contributed by atoms with Crippen molar-refractivity contribution < 1.29 is 9.47 Å². The lowest BCUT2D eigenvalue weighted by atomic mass is 9.84. The predicted octanol–water partition coefficient (Wildman–Crippen LogP) is 2.92. The molecule has 1 aromatic carbocycles. The molecule has 0 fully saturated rings. The molecule has 3 nitrogen and oxygen atoms in total. The summed E-state index contributed by atoms with van der Waals surface area (Å²) in [7, 11) is 3.31. The maximum absolute atomic E-state index is 5.32. The third kappa shape index (κ3) is 3.61. The van der Waals surface area contributed by atoms with Crippen molar-refractivity contribution in [2.75, 3.05) is 26.2 Å². The molecule has 0 heterocycles. The molecule has 4 heteroatoms. The van der Waals surface area contributed by atoms with Crippen molar-refractivity contribution in [3.8, 4) is 11.5 Å². The molecule has 0 aromatic heterocycles. The first kappa shape index (κ1) is 14.3. The fourth-order valence-corrected chi connectivity index (χ4v) is 1.92. The smallest absolute Gasteiger partial charge is 0.161 e. The van der Waals surface area contributed by atoms with Crippen molar-refractivity contribution in [2.45, 2.75) is 19.3 Å². The molecular weight excluding hydrogens is 282 g/mol. The van der Waals surface area contributed by atoms with Gasteiger partial charge >= 0.3 is 0 Å². The molecule has 0 spiro atoms. The monoisotopic (exact) mass is 301 g/mol. The SMILES string of the molecule is COc1ccc(C(C)(C)CNCBr)cc1OC. The molecular formula is C13H20BrNO2. The van der Waals surface area contributed by atoms with Crippen LogP contribution in [0.25, 0.3) is 0 Å². The lowest BCUT2D eigenvalue weighted by Gasteiger charge is -2.26. The number of hydrogen-bond acceptors (Lipinski definition) is 3. The summed E-state index contributed by atoms with van der Waals surface area (Å²) in [6.07, 6.45) is 0. The number of halogens is 1. The van der Waals surface area contributed by atoms with Gasteiger partial charge in [0.2, 0.25) is 0 Å². The fourth-order valence-electron chi connectivity index (χ4n) is 1.72. The summed E-state index contributed by atoms with van der Waals surface area (Å²) in [6, 6.07) is 6.07. The van der Waals surface area contributed by atoms with E-state index in [9.17, 15) is 0 Å². The van der Waals surface area contributed by atoms with Crippen LogP contribution >= 0.6 is 15.9 Å². The summed E-state index contributed by atoms with van der Waals surface area (Å²) in [5.41, 5.74) is 2.07. The van der Waals surface area contributed by atoms with E-state index in [4.69, 9.17) is 9.47 Å². The Morgan fingerprint density at radius 3 is 2.35 bits per heavy atom. The zero-order valence-electron chi connectivity index (χ0n) is 10.8. The number of ether oxygens (including phenoxy) is 2. The van der Waals surface area contributed by atoms with Crippen LogP contribution in [-0.2, 0) is 5.41 Å². The Morgan fingerprint density at radius 1 is 1.18 bits per heavy atom. The molecule has 1 rings (SSSR count). The number of nitrogens with one attached hydrogen (secondary N) is 1. The summed E-state index contributed by atoms with van der Waals surface area (Å²) in [4.78, 5) is 0. The maximum atomic E-state index is 5.32. The first-order valence-corrected chi connectivity index (χ1v) is 6.66. The second-order valence-electron chi connectivity index (χ2n) is 4.51. The van der Waals surface area contributed by atoms with Gasteiger partial charge in [-0.1, -0.05) is 35.8 Å². The molecule has 0 amide bonds. The maximum Gasteiger partial charge on any atom is 0.161 e. The van der Waals surface area contributed by atoms with Crippen LogP contribution in [0.1, 0.15) is 19.4 Å². The number of methoxy groups -OCH3 is 2. The molecule has 0 unspecified atom stereocenters. The van der Waals surface area contributed by atoms with Gasteiger partial charge in [0.05, 0.1) is 19.7 Å².